The molecule has 0 saturated carbocycles. The Morgan fingerprint density at radius 3 is 1.33 bits per heavy atom. The van der Waals surface area contributed by atoms with Crippen LogP contribution in [-0.4, -0.2) is 11.4 Å². The van der Waals surface area contributed by atoms with Crippen molar-refractivity contribution in [1.29, 1.82) is 0 Å². The Labute approximate surface area is 270 Å². The molecule has 0 heterocycles. The molecule has 2 nitrogen and oxygen atoms in total. The summed E-state index contributed by atoms with van der Waals surface area (Å²) in [6, 6.07) is 16.2. The van der Waals surface area contributed by atoms with Crippen LogP contribution in [-0.2, 0) is 35.8 Å². The van der Waals surface area contributed by atoms with Crippen LogP contribution in [0, 0.1) is 0 Å². The van der Waals surface area contributed by atoms with E-state index in [1.165, 1.54) is 118 Å². The first-order valence-electron chi connectivity index (χ1n) is 17.5. The molecule has 0 spiro atoms. The van der Waals surface area contributed by atoms with Crippen molar-refractivity contribution in [3.63, 3.8) is 0 Å². The number of aliphatic imine (C=N–C) groups is 2. The molecule has 42 heavy (non-hydrogen) atoms. The summed E-state index contributed by atoms with van der Waals surface area (Å²) >= 11 is 0. The summed E-state index contributed by atoms with van der Waals surface area (Å²) in [6.45, 7) is 11.4. The van der Waals surface area contributed by atoms with E-state index in [4.69, 9.17) is 9.98 Å². The summed E-state index contributed by atoms with van der Waals surface area (Å²) in [6.07, 6.45) is 24.4. The third-order valence-electron chi connectivity index (χ3n) is 8.08. The molecule has 0 aromatic heterocycles. The van der Waals surface area contributed by atoms with E-state index in [1.807, 2.05) is 0 Å². The first-order valence-corrected chi connectivity index (χ1v) is 17.5. The molecule has 0 N–H and O–H groups in total. The van der Waals surface area contributed by atoms with Crippen molar-refractivity contribution < 1.29 is 16.5 Å². The van der Waals surface area contributed by atoms with Crippen molar-refractivity contribution in [1.82, 2.24) is 0 Å². The van der Waals surface area contributed by atoms with Gasteiger partial charge in [0.1, 0.15) is 0 Å². The summed E-state index contributed by atoms with van der Waals surface area (Å²) < 4.78 is 0. The largest absolute Gasteiger partial charge is 0.252 e. The van der Waals surface area contributed by atoms with Gasteiger partial charge >= 0.3 is 0 Å². The molecule has 0 unspecified atom stereocenters. The van der Waals surface area contributed by atoms with Crippen molar-refractivity contribution in [2.24, 2.45) is 9.98 Å². The van der Waals surface area contributed by atoms with Crippen LogP contribution in [0.5, 0.6) is 0 Å². The molecule has 0 aliphatic heterocycles. The fraction of sp³-hybridized carbons (Fsp3) is 0.641. The second-order valence-corrected chi connectivity index (χ2v) is 12.1. The van der Waals surface area contributed by atoms with Crippen LogP contribution in [0.1, 0.15) is 160 Å². The monoisotopic (exact) mass is 616 g/mol. The minimum atomic E-state index is 0. The minimum Gasteiger partial charge on any atom is -0.252 e. The molecule has 0 bridgehead atoms. The molecule has 0 fully saturated rings. The van der Waals surface area contributed by atoms with Crippen LogP contribution in [0.3, 0.4) is 0 Å². The van der Waals surface area contributed by atoms with Crippen LogP contribution < -0.4 is 0 Å². The maximum Gasteiger partial charge on any atom is 0.0639 e. The van der Waals surface area contributed by atoms with E-state index in [9.17, 15) is 0 Å². The summed E-state index contributed by atoms with van der Waals surface area (Å²) in [5.41, 5.74) is 8.95. The molecule has 3 heteroatoms. The summed E-state index contributed by atoms with van der Waals surface area (Å²) in [5.74, 6) is 0. The molecular weight excluding hydrogens is 555 g/mol. The Morgan fingerprint density at radius 2 is 0.833 bits per heavy atom. The fourth-order valence-corrected chi connectivity index (χ4v) is 5.45. The molecule has 0 aliphatic carbocycles. The van der Waals surface area contributed by atoms with Crippen molar-refractivity contribution >= 4 is 22.8 Å². The van der Waals surface area contributed by atoms with Gasteiger partial charge < -0.3 is 0 Å². The van der Waals surface area contributed by atoms with Gasteiger partial charge in [-0.05, 0) is 105 Å². The van der Waals surface area contributed by atoms with Crippen LogP contribution in [0.25, 0.3) is 0 Å². The molecule has 238 valence electrons. The number of nitrogens with zero attached hydrogens (tertiary/aromatic N) is 2. The van der Waals surface area contributed by atoms with E-state index in [-0.39, 0.29) is 16.5 Å². The summed E-state index contributed by atoms with van der Waals surface area (Å²) in [7, 11) is 0. The zero-order valence-corrected chi connectivity index (χ0v) is 28.9. The van der Waals surface area contributed by atoms with Crippen LogP contribution in [0.4, 0.5) is 11.4 Å². The Kier molecular flexibility index (Phi) is 22.5. The second kappa shape index (κ2) is 24.7. The molecule has 2 rings (SSSR count). The van der Waals surface area contributed by atoms with Gasteiger partial charge in [-0.3, -0.25) is 9.98 Å². The van der Waals surface area contributed by atoms with Gasteiger partial charge in [-0.1, -0.05) is 117 Å². The predicted octanol–water partition coefficient (Wildman–Crippen LogP) is 12.9. The zero-order chi connectivity index (χ0) is 29.5. The van der Waals surface area contributed by atoms with Gasteiger partial charge in [0.25, 0.3) is 0 Å². The zero-order valence-electron chi connectivity index (χ0n) is 27.9. The van der Waals surface area contributed by atoms with Crippen molar-refractivity contribution in [2.75, 3.05) is 0 Å². The maximum atomic E-state index is 5.39. The Bertz CT molecular complexity index is 977. The third-order valence-corrected chi connectivity index (χ3v) is 8.08. The van der Waals surface area contributed by atoms with Crippen LogP contribution in [0.2, 0.25) is 0 Å². The van der Waals surface area contributed by atoms with E-state index in [0.29, 0.717) is 0 Å². The molecule has 0 saturated heterocycles. The van der Waals surface area contributed by atoms with Crippen molar-refractivity contribution in [2.45, 2.75) is 163 Å². The normalized spacial score (nSPS) is 12.0. The van der Waals surface area contributed by atoms with Gasteiger partial charge in [0, 0.05) is 16.5 Å². The number of hydrogen-bond acceptors (Lipinski definition) is 2. The molecule has 0 amide bonds. The van der Waals surface area contributed by atoms with Crippen molar-refractivity contribution in [3.8, 4) is 0 Å². The summed E-state index contributed by atoms with van der Waals surface area (Å²) in [5, 5.41) is 0. The van der Waals surface area contributed by atoms with E-state index < -0.39 is 0 Å². The molecule has 0 radical (unpaired) electrons. The quantitative estimate of drug-likeness (QED) is 0.0673. The SMILES string of the molecule is CCCCCCCc1ccc(N=C(CCCC)C(CCCC)=Nc2cc(CCCCC)cc(CCCCC)c2)cc1.[Ni]. The van der Waals surface area contributed by atoms with E-state index >= 15 is 0 Å². The first-order chi connectivity index (χ1) is 20.1. The number of rotatable bonds is 23. The number of unbranched alkanes of at least 4 members (excludes halogenated alkanes) is 10. The Balaban J connectivity index is 0.00000882. The number of aryl methyl sites for hydroxylation is 3. The van der Waals surface area contributed by atoms with Gasteiger partial charge in [-0.25, -0.2) is 0 Å². The van der Waals surface area contributed by atoms with Gasteiger partial charge in [0.15, 0.2) is 0 Å². The van der Waals surface area contributed by atoms with Gasteiger partial charge in [-0.2, -0.15) is 0 Å². The van der Waals surface area contributed by atoms with Crippen LogP contribution in [0.15, 0.2) is 52.4 Å². The summed E-state index contributed by atoms with van der Waals surface area (Å²) in [4.78, 5) is 10.7. The Morgan fingerprint density at radius 1 is 0.429 bits per heavy atom. The van der Waals surface area contributed by atoms with E-state index in [1.54, 1.807) is 0 Å². The third kappa shape index (κ3) is 16.2. The Hall–Kier alpha value is -1.73. The van der Waals surface area contributed by atoms with E-state index in [0.717, 1.165) is 49.9 Å². The number of benzene rings is 2. The smallest absolute Gasteiger partial charge is 0.0639 e. The number of hydrogen-bond donors (Lipinski definition) is 0. The van der Waals surface area contributed by atoms with Gasteiger partial charge in [0.05, 0.1) is 22.8 Å². The average Bonchev–Trinajstić information content (AvgIpc) is 2.98. The average molecular weight is 618 g/mol. The fourth-order valence-electron chi connectivity index (χ4n) is 5.45. The molecule has 2 aromatic carbocycles. The maximum absolute atomic E-state index is 5.39. The first kappa shape index (κ1) is 38.3. The topological polar surface area (TPSA) is 24.7 Å². The molecular formula is C39H62N2Ni. The van der Waals surface area contributed by atoms with Crippen LogP contribution >= 0.6 is 0 Å². The molecule has 0 atom stereocenters. The van der Waals surface area contributed by atoms with E-state index in [2.05, 4.69) is 77.1 Å². The molecule has 0 aliphatic rings. The second-order valence-electron chi connectivity index (χ2n) is 12.1. The predicted molar refractivity (Wildman–Crippen MR) is 185 cm³/mol. The van der Waals surface area contributed by atoms with Gasteiger partial charge in [0.2, 0.25) is 0 Å². The standard InChI is InChI=1S/C39H62N2.Ni/c1-6-11-16-17-20-21-33-26-28-36(29-27-33)40-38(24-14-9-4)39(25-15-10-5)41-37-31-34(22-18-12-7-2)30-35(32-37)23-19-13-8-3;/h26-32H,6-25H2,1-5H3;. The van der Waals surface area contributed by atoms with Gasteiger partial charge in [-0.15, -0.1) is 0 Å². The molecule has 2 aromatic rings. The van der Waals surface area contributed by atoms with Crippen molar-refractivity contribution in [3.05, 3.63) is 59.2 Å². The minimum absolute atomic E-state index is 0.